The lowest BCUT2D eigenvalue weighted by Gasteiger charge is -2.34. The minimum absolute atomic E-state index is 0.429. The number of nitrogens with one attached hydrogen (secondary N) is 1. The molecule has 0 unspecified atom stereocenters. The van der Waals surface area contributed by atoms with E-state index in [-0.39, 0.29) is 0 Å². The molecule has 0 aliphatic carbocycles. The highest BCUT2D eigenvalue weighted by molar-refractivity contribution is 7.12. The molecular formula is C17H26N4OS. The minimum Gasteiger partial charge on any atom is -0.379 e. The highest BCUT2D eigenvalue weighted by Gasteiger charge is 2.23. The fourth-order valence-corrected chi connectivity index (χ4v) is 3.97. The third-order valence-corrected chi connectivity index (χ3v) is 5.36. The molecule has 1 N–H and O–H groups in total. The predicted molar refractivity (Wildman–Crippen MR) is 93.8 cm³/mol. The van der Waals surface area contributed by atoms with E-state index < -0.39 is 0 Å². The Kier molecular flexibility index (Phi) is 5.83. The Balaban J connectivity index is 1.61. The maximum Gasteiger partial charge on any atom is 0.0594 e. The fraction of sp³-hybridized carbons (Fsp3) is 0.588. The highest BCUT2D eigenvalue weighted by Crippen LogP contribution is 2.27. The number of thiophene rings is 1. The topological polar surface area (TPSA) is 42.3 Å². The van der Waals surface area contributed by atoms with Crippen molar-refractivity contribution in [2.45, 2.75) is 33.0 Å². The molecule has 1 atom stereocenters. The van der Waals surface area contributed by atoms with Crippen molar-refractivity contribution in [3.8, 4) is 0 Å². The molecule has 2 aromatic rings. The van der Waals surface area contributed by atoms with Crippen LogP contribution in [0.25, 0.3) is 0 Å². The van der Waals surface area contributed by atoms with Crippen LogP contribution in [0.15, 0.2) is 24.5 Å². The van der Waals surface area contributed by atoms with Gasteiger partial charge in [0.25, 0.3) is 0 Å². The molecule has 0 spiro atoms. The molecule has 6 heteroatoms. The quantitative estimate of drug-likeness (QED) is 0.844. The van der Waals surface area contributed by atoms with Crippen molar-refractivity contribution in [1.82, 2.24) is 20.0 Å². The summed E-state index contributed by atoms with van der Waals surface area (Å²) in [4.78, 5) is 5.36. The maximum atomic E-state index is 5.51. The third-order valence-electron chi connectivity index (χ3n) is 4.25. The Hall–Kier alpha value is -1.21. The van der Waals surface area contributed by atoms with Gasteiger partial charge in [-0.2, -0.15) is 5.10 Å². The number of nitrogens with zero attached hydrogens (tertiary/aromatic N) is 3. The molecule has 3 rings (SSSR count). The van der Waals surface area contributed by atoms with E-state index in [2.05, 4.69) is 47.5 Å². The van der Waals surface area contributed by atoms with Gasteiger partial charge in [0, 0.05) is 54.2 Å². The molecule has 0 aromatic carbocycles. The van der Waals surface area contributed by atoms with Crippen molar-refractivity contribution in [2.24, 2.45) is 0 Å². The van der Waals surface area contributed by atoms with E-state index in [1.54, 1.807) is 0 Å². The van der Waals surface area contributed by atoms with Crippen LogP contribution in [-0.2, 0) is 17.8 Å². The van der Waals surface area contributed by atoms with Crippen molar-refractivity contribution in [2.75, 3.05) is 32.8 Å². The largest absolute Gasteiger partial charge is 0.379 e. The molecule has 126 valence electrons. The summed E-state index contributed by atoms with van der Waals surface area (Å²) in [6.45, 7) is 10.7. The molecule has 5 nitrogen and oxygen atoms in total. The zero-order valence-corrected chi connectivity index (χ0v) is 14.8. The van der Waals surface area contributed by atoms with Crippen LogP contribution in [0.2, 0.25) is 0 Å². The van der Waals surface area contributed by atoms with E-state index in [9.17, 15) is 0 Å². The van der Waals surface area contributed by atoms with Gasteiger partial charge in [0.2, 0.25) is 0 Å². The SMILES string of the molecule is CCn1cc(CNC[C@H](c2ccc(C)s2)N2CCOCC2)cn1. The smallest absolute Gasteiger partial charge is 0.0594 e. The van der Waals surface area contributed by atoms with Crippen LogP contribution in [-0.4, -0.2) is 47.5 Å². The first-order valence-electron chi connectivity index (χ1n) is 8.36. The molecule has 2 aromatic heterocycles. The van der Waals surface area contributed by atoms with E-state index in [1.165, 1.54) is 15.3 Å². The van der Waals surface area contributed by atoms with Gasteiger partial charge in [-0.05, 0) is 26.0 Å². The Bertz CT molecular complexity index is 603. The van der Waals surface area contributed by atoms with E-state index in [0.717, 1.165) is 45.9 Å². The van der Waals surface area contributed by atoms with Gasteiger partial charge in [0.15, 0.2) is 0 Å². The summed E-state index contributed by atoms with van der Waals surface area (Å²) in [5, 5.41) is 7.95. The zero-order chi connectivity index (χ0) is 16.1. The lowest BCUT2D eigenvalue weighted by Crippen LogP contribution is -2.42. The first-order chi connectivity index (χ1) is 11.3. The number of hydrogen-bond acceptors (Lipinski definition) is 5. The first-order valence-corrected chi connectivity index (χ1v) is 9.18. The van der Waals surface area contributed by atoms with Gasteiger partial charge < -0.3 is 10.1 Å². The second kappa shape index (κ2) is 8.06. The standard InChI is InChI=1S/C17H26N4OS/c1-3-21-13-15(11-19-21)10-18-12-16(17-5-4-14(2)23-17)20-6-8-22-9-7-20/h4-5,11,13,16,18H,3,6-10,12H2,1-2H3/t16-/m1/s1. The average molecular weight is 334 g/mol. The molecule has 0 saturated carbocycles. The summed E-state index contributed by atoms with van der Waals surface area (Å²) >= 11 is 1.90. The van der Waals surface area contributed by atoms with Gasteiger partial charge in [-0.3, -0.25) is 9.58 Å². The highest BCUT2D eigenvalue weighted by atomic mass is 32.1. The molecule has 1 aliphatic heterocycles. The van der Waals surface area contributed by atoms with Crippen LogP contribution in [0.5, 0.6) is 0 Å². The van der Waals surface area contributed by atoms with Crippen molar-refractivity contribution in [1.29, 1.82) is 0 Å². The summed E-state index contributed by atoms with van der Waals surface area (Å²) < 4.78 is 7.48. The number of aryl methyl sites for hydroxylation is 2. The van der Waals surface area contributed by atoms with Crippen LogP contribution in [0.1, 0.15) is 28.3 Å². The molecule has 1 saturated heterocycles. The molecule has 3 heterocycles. The van der Waals surface area contributed by atoms with Crippen molar-refractivity contribution in [3.05, 3.63) is 39.8 Å². The predicted octanol–water partition coefficient (Wildman–Crippen LogP) is 2.44. The summed E-state index contributed by atoms with van der Waals surface area (Å²) in [5.41, 5.74) is 1.25. The lowest BCUT2D eigenvalue weighted by atomic mass is 10.2. The van der Waals surface area contributed by atoms with E-state index in [4.69, 9.17) is 4.74 Å². The summed E-state index contributed by atoms with van der Waals surface area (Å²) in [5.74, 6) is 0. The van der Waals surface area contributed by atoms with Gasteiger partial charge in [0.1, 0.15) is 0 Å². The van der Waals surface area contributed by atoms with Crippen LogP contribution >= 0.6 is 11.3 Å². The van der Waals surface area contributed by atoms with Crippen molar-refractivity contribution >= 4 is 11.3 Å². The summed E-state index contributed by atoms with van der Waals surface area (Å²) in [6, 6.07) is 4.93. The molecule has 0 amide bonds. The number of morpholine rings is 1. The van der Waals surface area contributed by atoms with Crippen molar-refractivity contribution < 1.29 is 4.74 Å². The minimum atomic E-state index is 0.429. The third kappa shape index (κ3) is 4.41. The Morgan fingerprint density at radius 2 is 2.17 bits per heavy atom. The number of ether oxygens (including phenoxy) is 1. The summed E-state index contributed by atoms with van der Waals surface area (Å²) in [6.07, 6.45) is 4.07. The monoisotopic (exact) mass is 334 g/mol. The molecule has 0 bridgehead atoms. The van der Waals surface area contributed by atoms with Gasteiger partial charge in [-0.15, -0.1) is 11.3 Å². The van der Waals surface area contributed by atoms with Crippen LogP contribution < -0.4 is 5.32 Å². The fourth-order valence-electron chi connectivity index (χ4n) is 2.96. The lowest BCUT2D eigenvalue weighted by molar-refractivity contribution is 0.0168. The van der Waals surface area contributed by atoms with Gasteiger partial charge in [0.05, 0.1) is 25.5 Å². The molecular weight excluding hydrogens is 308 g/mol. The van der Waals surface area contributed by atoms with Crippen LogP contribution in [0, 0.1) is 6.92 Å². The zero-order valence-electron chi connectivity index (χ0n) is 14.0. The van der Waals surface area contributed by atoms with Crippen LogP contribution in [0.3, 0.4) is 0 Å². The number of aromatic nitrogens is 2. The average Bonchev–Trinajstić information content (AvgIpc) is 3.21. The molecule has 23 heavy (non-hydrogen) atoms. The summed E-state index contributed by atoms with van der Waals surface area (Å²) in [7, 11) is 0. The Morgan fingerprint density at radius 1 is 1.35 bits per heavy atom. The van der Waals surface area contributed by atoms with Gasteiger partial charge in [-0.1, -0.05) is 0 Å². The maximum absolute atomic E-state index is 5.51. The Morgan fingerprint density at radius 3 is 2.83 bits per heavy atom. The normalized spacial score (nSPS) is 17.5. The second-order valence-electron chi connectivity index (χ2n) is 5.95. The van der Waals surface area contributed by atoms with Crippen molar-refractivity contribution in [3.63, 3.8) is 0 Å². The van der Waals surface area contributed by atoms with E-state index in [0.29, 0.717) is 6.04 Å². The van der Waals surface area contributed by atoms with Crippen LogP contribution in [0.4, 0.5) is 0 Å². The first kappa shape index (κ1) is 16.6. The second-order valence-corrected chi connectivity index (χ2v) is 7.27. The van der Waals surface area contributed by atoms with E-state index in [1.807, 2.05) is 22.2 Å². The van der Waals surface area contributed by atoms with E-state index >= 15 is 0 Å². The Labute approximate surface area is 142 Å². The number of rotatable bonds is 7. The molecule has 1 fully saturated rings. The van der Waals surface area contributed by atoms with Gasteiger partial charge in [-0.25, -0.2) is 0 Å². The molecule has 0 radical (unpaired) electrons. The number of hydrogen-bond donors (Lipinski definition) is 1. The van der Waals surface area contributed by atoms with Gasteiger partial charge >= 0.3 is 0 Å². The molecule has 1 aliphatic rings.